The van der Waals surface area contributed by atoms with Crippen molar-refractivity contribution in [3.8, 4) is 0 Å². The molecule has 8 heteroatoms. The second-order valence-corrected chi connectivity index (χ2v) is 10.5. The molecule has 8 nitrogen and oxygen atoms in total. The van der Waals surface area contributed by atoms with Gasteiger partial charge in [-0.2, -0.15) is 0 Å². The summed E-state index contributed by atoms with van der Waals surface area (Å²) in [6, 6.07) is 6.60. The Bertz CT molecular complexity index is 1160. The van der Waals surface area contributed by atoms with Gasteiger partial charge in [0.05, 0.1) is 11.7 Å². The molecule has 0 amide bonds. The minimum absolute atomic E-state index is 0.249. The van der Waals surface area contributed by atoms with E-state index < -0.39 is 0 Å². The fraction of sp³-hybridized carbons (Fsp3) is 0.538. The van der Waals surface area contributed by atoms with Gasteiger partial charge in [0, 0.05) is 68.0 Å². The zero-order chi connectivity index (χ0) is 23.1. The summed E-state index contributed by atoms with van der Waals surface area (Å²) in [6.45, 7) is 7.60. The van der Waals surface area contributed by atoms with Crippen molar-refractivity contribution in [2.24, 2.45) is 5.41 Å². The number of nitrogens with zero attached hydrogens (tertiary/aromatic N) is 6. The average molecular weight is 459 g/mol. The predicted octanol–water partition coefficient (Wildman–Crippen LogP) is 2.51. The summed E-state index contributed by atoms with van der Waals surface area (Å²) in [5, 5.41) is 1.12. The fourth-order valence-electron chi connectivity index (χ4n) is 5.97. The van der Waals surface area contributed by atoms with Crippen LogP contribution in [0.2, 0.25) is 0 Å². The fourth-order valence-corrected chi connectivity index (χ4v) is 5.97. The first-order valence-corrected chi connectivity index (χ1v) is 12.6. The summed E-state index contributed by atoms with van der Waals surface area (Å²) < 4.78 is 0. The minimum Gasteiger partial charge on any atom is -0.356 e. The lowest BCUT2D eigenvalue weighted by Gasteiger charge is -2.40. The Labute approximate surface area is 201 Å². The number of pyridine rings is 2. The van der Waals surface area contributed by atoms with Gasteiger partial charge in [-0.05, 0) is 69.0 Å². The number of rotatable bonds is 4. The number of hydrazine groups is 1. The van der Waals surface area contributed by atoms with Gasteiger partial charge >= 0.3 is 0 Å². The first-order chi connectivity index (χ1) is 16.6. The summed E-state index contributed by atoms with van der Waals surface area (Å²) in [5.41, 5.74) is 10.3. The Morgan fingerprint density at radius 1 is 1.09 bits per heavy atom. The second kappa shape index (κ2) is 8.83. The molecule has 2 atom stereocenters. The Hall–Kier alpha value is -2.68. The third kappa shape index (κ3) is 4.15. The molecule has 0 aromatic carbocycles. The Morgan fingerprint density at radius 2 is 1.88 bits per heavy atom. The van der Waals surface area contributed by atoms with Crippen LogP contribution in [-0.2, 0) is 6.42 Å². The van der Waals surface area contributed by atoms with Gasteiger partial charge in [-0.15, -0.1) is 0 Å². The van der Waals surface area contributed by atoms with Crippen molar-refractivity contribution in [1.29, 1.82) is 0 Å². The Balaban J connectivity index is 1.36. The number of nitrogens with one attached hydrogen (secondary N) is 2. The summed E-state index contributed by atoms with van der Waals surface area (Å²) in [7, 11) is 2.26. The molecule has 2 N–H and O–H groups in total. The highest BCUT2D eigenvalue weighted by Gasteiger charge is 2.40. The lowest BCUT2D eigenvalue weighted by atomic mass is 9.78. The van der Waals surface area contributed by atoms with Crippen molar-refractivity contribution < 1.29 is 0 Å². The van der Waals surface area contributed by atoms with E-state index in [0.29, 0.717) is 11.5 Å². The van der Waals surface area contributed by atoms with Gasteiger partial charge in [-0.25, -0.2) is 9.97 Å². The number of hydrogen-bond donors (Lipinski definition) is 2. The van der Waals surface area contributed by atoms with Crippen molar-refractivity contribution in [3.05, 3.63) is 53.9 Å². The molecule has 6 heterocycles. The van der Waals surface area contributed by atoms with Crippen molar-refractivity contribution in [2.45, 2.75) is 44.6 Å². The van der Waals surface area contributed by atoms with E-state index in [2.05, 4.69) is 57.8 Å². The number of hydrogen-bond acceptors (Lipinski definition) is 8. The number of piperidine rings is 1. The minimum atomic E-state index is 0.249. The molecule has 3 aliphatic rings. The van der Waals surface area contributed by atoms with Crippen molar-refractivity contribution in [2.75, 3.05) is 44.7 Å². The molecule has 0 aliphatic carbocycles. The van der Waals surface area contributed by atoms with Crippen LogP contribution in [-0.4, -0.2) is 70.6 Å². The van der Waals surface area contributed by atoms with Crippen LogP contribution in [0.15, 0.2) is 36.8 Å². The van der Waals surface area contributed by atoms with Gasteiger partial charge in [0.25, 0.3) is 0 Å². The maximum absolute atomic E-state index is 5.22. The maximum Gasteiger partial charge on any atom is 0.140 e. The Morgan fingerprint density at radius 3 is 2.59 bits per heavy atom. The van der Waals surface area contributed by atoms with Gasteiger partial charge in [-0.1, -0.05) is 0 Å². The monoisotopic (exact) mass is 458 g/mol. The molecule has 2 unspecified atom stereocenters. The summed E-state index contributed by atoms with van der Waals surface area (Å²) in [6.07, 6.45) is 10.2. The molecule has 3 aromatic rings. The van der Waals surface area contributed by atoms with Crippen LogP contribution in [0, 0.1) is 5.41 Å². The van der Waals surface area contributed by atoms with E-state index in [1.807, 2.05) is 18.6 Å². The van der Waals surface area contributed by atoms with Crippen molar-refractivity contribution in [3.63, 3.8) is 0 Å². The molecule has 0 bridgehead atoms. The average Bonchev–Trinajstić information content (AvgIpc) is 3.45. The Kier molecular flexibility index (Phi) is 5.67. The molecule has 3 aromatic heterocycles. The molecule has 178 valence electrons. The van der Waals surface area contributed by atoms with E-state index in [-0.39, 0.29) is 5.92 Å². The topological polar surface area (TPSA) is 82.1 Å². The molecule has 3 aliphatic heterocycles. The molecule has 0 saturated carbocycles. The van der Waals surface area contributed by atoms with E-state index >= 15 is 0 Å². The van der Waals surface area contributed by atoms with Gasteiger partial charge in [-0.3, -0.25) is 20.8 Å². The van der Waals surface area contributed by atoms with E-state index in [1.165, 1.54) is 37.9 Å². The van der Waals surface area contributed by atoms with Crippen LogP contribution in [0.5, 0.6) is 0 Å². The highest BCUT2D eigenvalue weighted by Crippen LogP contribution is 2.41. The smallest absolute Gasteiger partial charge is 0.140 e. The molecular weight excluding hydrogens is 424 g/mol. The van der Waals surface area contributed by atoms with E-state index in [4.69, 9.17) is 15.0 Å². The normalized spacial score (nSPS) is 24.9. The lowest BCUT2D eigenvalue weighted by molar-refractivity contribution is 0.222. The van der Waals surface area contributed by atoms with Crippen molar-refractivity contribution in [1.82, 2.24) is 35.7 Å². The summed E-state index contributed by atoms with van der Waals surface area (Å²) >= 11 is 0. The first-order valence-electron chi connectivity index (χ1n) is 12.6. The molecule has 0 radical (unpaired) electrons. The lowest BCUT2D eigenvalue weighted by Crippen LogP contribution is -2.42. The molecule has 3 saturated heterocycles. The van der Waals surface area contributed by atoms with E-state index in [0.717, 1.165) is 54.3 Å². The standard InChI is InChI=1S/C26H34N8/c1-18-22(15-29-32-18)24-30-23-16-28-20(13-19-3-8-27-9-4-19)14-21(23)25(31-24)34-11-6-26(7-12-34)5-10-33(2)17-26/h3-4,8-9,14,16,18,22,29,32H,5-7,10-13,15,17H2,1-2H3. The zero-order valence-corrected chi connectivity index (χ0v) is 20.2. The van der Waals surface area contributed by atoms with Crippen LogP contribution in [0.4, 0.5) is 5.82 Å². The number of anilines is 1. The molecular formula is C26H34N8. The quantitative estimate of drug-likeness (QED) is 0.617. The van der Waals surface area contributed by atoms with E-state index in [9.17, 15) is 0 Å². The van der Waals surface area contributed by atoms with Gasteiger partial charge in [0.2, 0.25) is 0 Å². The summed E-state index contributed by atoms with van der Waals surface area (Å²) in [4.78, 5) is 24.1. The van der Waals surface area contributed by atoms with Crippen LogP contribution in [0.3, 0.4) is 0 Å². The third-order valence-electron chi connectivity index (χ3n) is 8.11. The highest BCUT2D eigenvalue weighted by atomic mass is 15.4. The van der Waals surface area contributed by atoms with Crippen molar-refractivity contribution >= 4 is 16.7 Å². The van der Waals surface area contributed by atoms with Crippen LogP contribution in [0.1, 0.15) is 49.2 Å². The van der Waals surface area contributed by atoms with Crippen LogP contribution < -0.4 is 15.8 Å². The zero-order valence-electron chi connectivity index (χ0n) is 20.2. The molecule has 1 spiro atoms. The molecule has 34 heavy (non-hydrogen) atoms. The largest absolute Gasteiger partial charge is 0.356 e. The number of fused-ring (bicyclic) bond motifs is 1. The van der Waals surface area contributed by atoms with Gasteiger partial charge < -0.3 is 9.80 Å². The predicted molar refractivity (Wildman–Crippen MR) is 134 cm³/mol. The SMILES string of the molecule is CC1NNCC1c1nc(N2CCC3(CCN(C)C3)CC2)c2cc(Cc3ccncc3)ncc2n1. The molecule has 6 rings (SSSR count). The number of likely N-dealkylation sites (tertiary alicyclic amines) is 1. The van der Waals surface area contributed by atoms with Gasteiger partial charge in [0.1, 0.15) is 11.6 Å². The van der Waals surface area contributed by atoms with Crippen LogP contribution in [0.25, 0.3) is 10.9 Å². The van der Waals surface area contributed by atoms with Crippen LogP contribution >= 0.6 is 0 Å². The number of aromatic nitrogens is 4. The molecule has 3 fully saturated rings. The summed E-state index contributed by atoms with van der Waals surface area (Å²) in [5.74, 6) is 2.25. The maximum atomic E-state index is 5.22. The van der Waals surface area contributed by atoms with Gasteiger partial charge in [0.15, 0.2) is 0 Å². The first kappa shape index (κ1) is 21.8. The third-order valence-corrected chi connectivity index (χ3v) is 8.11. The highest BCUT2D eigenvalue weighted by molar-refractivity contribution is 5.89. The second-order valence-electron chi connectivity index (χ2n) is 10.5. The van der Waals surface area contributed by atoms with E-state index in [1.54, 1.807) is 0 Å².